The van der Waals surface area contributed by atoms with E-state index >= 15 is 0 Å². The van der Waals surface area contributed by atoms with Gasteiger partial charge in [0.1, 0.15) is 10.3 Å². The van der Waals surface area contributed by atoms with Gasteiger partial charge >= 0.3 is 0 Å². The van der Waals surface area contributed by atoms with Gasteiger partial charge in [0, 0.05) is 6.20 Å². The second kappa shape index (κ2) is 2.47. The van der Waals surface area contributed by atoms with Gasteiger partial charge in [-0.25, -0.2) is 9.97 Å². The summed E-state index contributed by atoms with van der Waals surface area (Å²) in [6, 6.07) is 3.78. The largest absolute Gasteiger partial charge is 0.473 e. The van der Waals surface area contributed by atoms with Crippen molar-refractivity contribution in [2.75, 3.05) is 7.11 Å². The van der Waals surface area contributed by atoms with Gasteiger partial charge in [-0.1, -0.05) is 11.3 Å². The standard InChI is InChI=1S/C7H6N2OS/c1-10-7-9-5-3-2-4-8-6(5)11-7/h2-4H,1H3. The summed E-state index contributed by atoms with van der Waals surface area (Å²) in [6.45, 7) is 0. The first-order valence-corrected chi connectivity index (χ1v) is 3.97. The third-order valence-corrected chi connectivity index (χ3v) is 2.26. The molecule has 2 rings (SSSR count). The summed E-state index contributed by atoms with van der Waals surface area (Å²) in [7, 11) is 1.61. The second-order valence-corrected chi connectivity index (χ2v) is 2.95. The molecule has 0 spiro atoms. The Morgan fingerprint density at radius 3 is 3.18 bits per heavy atom. The van der Waals surface area contributed by atoms with Crippen LogP contribution in [0.1, 0.15) is 0 Å². The van der Waals surface area contributed by atoms with Gasteiger partial charge in [-0.15, -0.1) is 0 Å². The first-order chi connectivity index (χ1) is 5.40. The van der Waals surface area contributed by atoms with Gasteiger partial charge in [-0.3, -0.25) is 0 Å². The first kappa shape index (κ1) is 6.54. The lowest BCUT2D eigenvalue weighted by Gasteiger charge is -1.84. The number of nitrogens with zero attached hydrogens (tertiary/aromatic N) is 2. The van der Waals surface area contributed by atoms with Crippen LogP contribution < -0.4 is 4.74 Å². The molecule has 0 aromatic carbocycles. The summed E-state index contributed by atoms with van der Waals surface area (Å²) >= 11 is 1.45. The van der Waals surface area contributed by atoms with E-state index in [0.29, 0.717) is 5.19 Å². The predicted octanol–water partition coefficient (Wildman–Crippen LogP) is 1.70. The Kier molecular flexibility index (Phi) is 1.47. The van der Waals surface area contributed by atoms with E-state index in [9.17, 15) is 0 Å². The van der Waals surface area contributed by atoms with E-state index in [2.05, 4.69) is 9.97 Å². The van der Waals surface area contributed by atoms with E-state index in [-0.39, 0.29) is 0 Å². The molecule has 0 saturated heterocycles. The van der Waals surface area contributed by atoms with Crippen LogP contribution in [0.15, 0.2) is 18.3 Å². The molecule has 0 bridgehead atoms. The van der Waals surface area contributed by atoms with Crippen LogP contribution in [-0.4, -0.2) is 17.1 Å². The van der Waals surface area contributed by atoms with E-state index in [1.165, 1.54) is 11.3 Å². The normalized spacial score (nSPS) is 10.3. The number of hydrogen-bond donors (Lipinski definition) is 0. The predicted molar refractivity (Wildman–Crippen MR) is 44.0 cm³/mol. The number of thiazole rings is 1. The highest BCUT2D eigenvalue weighted by Gasteiger charge is 2.01. The fourth-order valence-corrected chi connectivity index (χ4v) is 1.56. The minimum absolute atomic E-state index is 0.665. The smallest absolute Gasteiger partial charge is 0.275 e. The molecule has 0 aliphatic carbocycles. The molecule has 3 nitrogen and oxygen atoms in total. The maximum Gasteiger partial charge on any atom is 0.275 e. The molecular formula is C7H6N2OS. The average Bonchev–Trinajstić information content (AvgIpc) is 2.46. The number of methoxy groups -OCH3 is 1. The highest BCUT2D eigenvalue weighted by Crippen LogP contribution is 2.24. The van der Waals surface area contributed by atoms with Gasteiger partial charge in [0.15, 0.2) is 0 Å². The number of hydrogen-bond acceptors (Lipinski definition) is 4. The molecule has 4 heteroatoms. The molecule has 0 unspecified atom stereocenters. The van der Waals surface area contributed by atoms with Crippen LogP contribution in [0.5, 0.6) is 5.19 Å². The van der Waals surface area contributed by atoms with E-state index in [4.69, 9.17) is 4.74 Å². The van der Waals surface area contributed by atoms with Crippen LogP contribution in [-0.2, 0) is 0 Å². The fourth-order valence-electron chi connectivity index (χ4n) is 0.837. The number of aromatic nitrogens is 2. The van der Waals surface area contributed by atoms with Crippen LogP contribution in [0.25, 0.3) is 10.3 Å². The fraction of sp³-hybridized carbons (Fsp3) is 0.143. The quantitative estimate of drug-likeness (QED) is 0.646. The number of pyridine rings is 1. The summed E-state index contributed by atoms with van der Waals surface area (Å²) in [6.07, 6.45) is 1.75. The van der Waals surface area contributed by atoms with Crippen molar-refractivity contribution in [2.24, 2.45) is 0 Å². The zero-order chi connectivity index (χ0) is 7.68. The number of ether oxygens (including phenoxy) is 1. The molecule has 0 amide bonds. The lowest BCUT2D eigenvalue weighted by molar-refractivity contribution is 0.413. The first-order valence-electron chi connectivity index (χ1n) is 3.15. The van der Waals surface area contributed by atoms with Crippen molar-refractivity contribution in [1.82, 2.24) is 9.97 Å². The highest BCUT2D eigenvalue weighted by atomic mass is 32.1. The maximum absolute atomic E-state index is 4.97. The van der Waals surface area contributed by atoms with Gasteiger partial charge in [0.25, 0.3) is 5.19 Å². The van der Waals surface area contributed by atoms with Crippen molar-refractivity contribution in [3.05, 3.63) is 18.3 Å². The molecule has 0 aliphatic heterocycles. The minimum atomic E-state index is 0.665. The Labute approximate surface area is 67.7 Å². The Morgan fingerprint density at radius 2 is 2.45 bits per heavy atom. The molecule has 0 saturated carbocycles. The highest BCUT2D eigenvalue weighted by molar-refractivity contribution is 7.19. The minimum Gasteiger partial charge on any atom is -0.473 e. The van der Waals surface area contributed by atoms with Crippen LogP contribution in [0, 0.1) is 0 Å². The van der Waals surface area contributed by atoms with Gasteiger partial charge in [-0.2, -0.15) is 0 Å². The van der Waals surface area contributed by atoms with E-state index in [1.807, 2.05) is 12.1 Å². The van der Waals surface area contributed by atoms with E-state index in [1.54, 1.807) is 13.3 Å². The van der Waals surface area contributed by atoms with Gasteiger partial charge in [0.05, 0.1) is 7.11 Å². The molecule has 2 aromatic rings. The van der Waals surface area contributed by atoms with Crippen molar-refractivity contribution < 1.29 is 4.74 Å². The van der Waals surface area contributed by atoms with Gasteiger partial charge in [-0.05, 0) is 12.1 Å². The summed E-state index contributed by atoms with van der Waals surface area (Å²) in [5.41, 5.74) is 0.898. The zero-order valence-electron chi connectivity index (χ0n) is 5.94. The Hall–Kier alpha value is -1.16. The van der Waals surface area contributed by atoms with Crippen molar-refractivity contribution in [1.29, 1.82) is 0 Å². The Morgan fingerprint density at radius 1 is 1.55 bits per heavy atom. The van der Waals surface area contributed by atoms with Gasteiger partial charge < -0.3 is 4.74 Å². The SMILES string of the molecule is COc1nc2cccnc2s1. The maximum atomic E-state index is 4.97. The van der Waals surface area contributed by atoms with Gasteiger partial charge in [0.2, 0.25) is 0 Å². The third kappa shape index (κ3) is 1.05. The van der Waals surface area contributed by atoms with Crippen molar-refractivity contribution in [3.8, 4) is 5.19 Å². The second-order valence-electron chi connectivity index (χ2n) is 2.01. The van der Waals surface area contributed by atoms with E-state index in [0.717, 1.165) is 10.3 Å². The number of fused-ring (bicyclic) bond motifs is 1. The summed E-state index contributed by atoms with van der Waals surface area (Å²) in [5.74, 6) is 0. The van der Waals surface area contributed by atoms with Crippen molar-refractivity contribution in [3.63, 3.8) is 0 Å². The molecule has 0 aliphatic rings. The number of rotatable bonds is 1. The lowest BCUT2D eigenvalue weighted by Crippen LogP contribution is -1.77. The zero-order valence-corrected chi connectivity index (χ0v) is 6.76. The molecule has 0 atom stereocenters. The molecular weight excluding hydrogens is 160 g/mol. The molecule has 0 radical (unpaired) electrons. The lowest BCUT2D eigenvalue weighted by atomic mass is 10.5. The summed E-state index contributed by atoms with van der Waals surface area (Å²) < 4.78 is 4.97. The Balaban J connectivity index is 2.69. The van der Waals surface area contributed by atoms with Crippen LogP contribution in [0.2, 0.25) is 0 Å². The molecule has 0 N–H and O–H groups in total. The van der Waals surface area contributed by atoms with Crippen LogP contribution in [0.3, 0.4) is 0 Å². The molecule has 0 fully saturated rings. The molecule has 2 aromatic heterocycles. The molecule has 2 heterocycles. The molecule has 11 heavy (non-hydrogen) atoms. The van der Waals surface area contributed by atoms with Crippen molar-refractivity contribution >= 4 is 21.7 Å². The summed E-state index contributed by atoms with van der Waals surface area (Å²) in [4.78, 5) is 9.21. The average molecular weight is 166 g/mol. The topological polar surface area (TPSA) is 35.0 Å². The molecule has 56 valence electrons. The summed E-state index contributed by atoms with van der Waals surface area (Å²) in [5, 5.41) is 0.665. The van der Waals surface area contributed by atoms with Crippen LogP contribution >= 0.6 is 11.3 Å². The third-order valence-electron chi connectivity index (χ3n) is 1.32. The monoisotopic (exact) mass is 166 g/mol. The van der Waals surface area contributed by atoms with Crippen LogP contribution in [0.4, 0.5) is 0 Å². The Bertz CT molecular complexity index is 338. The van der Waals surface area contributed by atoms with E-state index < -0.39 is 0 Å². The van der Waals surface area contributed by atoms with Crippen molar-refractivity contribution in [2.45, 2.75) is 0 Å².